The second-order valence-corrected chi connectivity index (χ2v) is 8.53. The molecule has 5 nitrogen and oxygen atoms in total. The number of nitrogens with zero attached hydrogens (tertiary/aromatic N) is 3. The van der Waals surface area contributed by atoms with Crippen molar-refractivity contribution in [1.29, 1.82) is 0 Å². The third-order valence-corrected chi connectivity index (χ3v) is 6.59. The minimum Gasteiger partial charge on any atom is -0.335 e. The predicted octanol–water partition coefficient (Wildman–Crippen LogP) is 4.20. The van der Waals surface area contributed by atoms with Gasteiger partial charge in [-0.3, -0.25) is 14.2 Å². The Balaban J connectivity index is 1.61. The number of carbonyl (C=O) groups is 1. The van der Waals surface area contributed by atoms with Gasteiger partial charge in [0, 0.05) is 12.1 Å². The number of hydrogen-bond acceptors (Lipinski definition) is 3. The van der Waals surface area contributed by atoms with Gasteiger partial charge in [0.15, 0.2) is 0 Å². The molecule has 2 fully saturated rings. The van der Waals surface area contributed by atoms with E-state index in [0.717, 1.165) is 36.8 Å². The average Bonchev–Trinajstić information content (AvgIpc) is 2.72. The van der Waals surface area contributed by atoms with Gasteiger partial charge in [-0.15, -0.1) is 0 Å². The van der Waals surface area contributed by atoms with Gasteiger partial charge in [0.1, 0.15) is 6.54 Å². The van der Waals surface area contributed by atoms with Crippen LogP contribution in [0.3, 0.4) is 0 Å². The van der Waals surface area contributed by atoms with Crippen molar-refractivity contribution in [2.75, 3.05) is 0 Å². The molecular formula is C23H31N3O2. The maximum absolute atomic E-state index is 13.4. The summed E-state index contributed by atoms with van der Waals surface area (Å²) in [4.78, 5) is 33.0. The average molecular weight is 382 g/mol. The Kier molecular flexibility index (Phi) is 5.79. The molecule has 2 saturated carbocycles. The third kappa shape index (κ3) is 3.85. The van der Waals surface area contributed by atoms with Crippen molar-refractivity contribution in [3.8, 4) is 0 Å². The Morgan fingerprint density at radius 2 is 1.64 bits per heavy atom. The van der Waals surface area contributed by atoms with Crippen LogP contribution in [0.25, 0.3) is 10.9 Å². The topological polar surface area (TPSA) is 55.2 Å². The minimum absolute atomic E-state index is 0.0923. The van der Waals surface area contributed by atoms with E-state index in [4.69, 9.17) is 0 Å². The van der Waals surface area contributed by atoms with Crippen LogP contribution in [-0.2, 0) is 11.3 Å². The lowest BCUT2D eigenvalue weighted by atomic mass is 9.88. The fourth-order valence-corrected chi connectivity index (χ4v) is 5.10. The Labute approximate surface area is 166 Å². The van der Waals surface area contributed by atoms with Gasteiger partial charge in [0.25, 0.3) is 5.56 Å². The molecule has 1 amide bonds. The number of fused-ring (bicyclic) bond motifs is 1. The number of carbonyl (C=O) groups excluding carboxylic acids is 1. The van der Waals surface area contributed by atoms with Crippen LogP contribution in [0, 0.1) is 6.92 Å². The van der Waals surface area contributed by atoms with Gasteiger partial charge in [-0.2, -0.15) is 0 Å². The Bertz CT molecular complexity index is 874. The molecule has 2 aliphatic carbocycles. The first-order valence-corrected chi connectivity index (χ1v) is 10.9. The molecule has 0 bridgehead atoms. The lowest BCUT2D eigenvalue weighted by molar-refractivity contribution is -0.138. The normalized spacial score (nSPS) is 19.0. The lowest BCUT2D eigenvalue weighted by Crippen LogP contribution is -2.50. The van der Waals surface area contributed by atoms with Crippen LogP contribution in [-0.4, -0.2) is 32.4 Å². The van der Waals surface area contributed by atoms with Gasteiger partial charge in [0.05, 0.1) is 17.2 Å². The molecule has 0 spiro atoms. The van der Waals surface area contributed by atoms with Crippen LogP contribution in [0.1, 0.15) is 69.8 Å². The fraction of sp³-hybridized carbons (Fsp3) is 0.609. The first-order chi connectivity index (χ1) is 13.6. The van der Waals surface area contributed by atoms with E-state index >= 15 is 0 Å². The highest BCUT2D eigenvalue weighted by Crippen LogP contribution is 2.30. The summed E-state index contributed by atoms with van der Waals surface area (Å²) in [6.07, 6.45) is 13.3. The van der Waals surface area contributed by atoms with Gasteiger partial charge in [0.2, 0.25) is 5.91 Å². The summed E-state index contributed by atoms with van der Waals surface area (Å²) in [5, 5.41) is 0.595. The maximum Gasteiger partial charge on any atom is 0.261 e. The highest BCUT2D eigenvalue weighted by Gasteiger charge is 2.32. The van der Waals surface area contributed by atoms with E-state index in [-0.39, 0.29) is 18.0 Å². The third-order valence-electron chi connectivity index (χ3n) is 6.59. The van der Waals surface area contributed by atoms with E-state index in [2.05, 4.69) is 9.88 Å². The van der Waals surface area contributed by atoms with Gasteiger partial charge in [-0.25, -0.2) is 4.98 Å². The Morgan fingerprint density at radius 3 is 2.25 bits per heavy atom. The molecule has 2 aromatic rings. The van der Waals surface area contributed by atoms with E-state index < -0.39 is 0 Å². The Morgan fingerprint density at radius 1 is 1.04 bits per heavy atom. The van der Waals surface area contributed by atoms with Crippen LogP contribution in [0.2, 0.25) is 0 Å². The molecule has 150 valence electrons. The van der Waals surface area contributed by atoms with Crippen molar-refractivity contribution in [3.63, 3.8) is 0 Å². The van der Waals surface area contributed by atoms with Crippen LogP contribution >= 0.6 is 0 Å². The van der Waals surface area contributed by atoms with Crippen LogP contribution in [0.4, 0.5) is 0 Å². The van der Waals surface area contributed by atoms with Crippen molar-refractivity contribution in [3.05, 3.63) is 40.4 Å². The molecule has 1 heterocycles. The van der Waals surface area contributed by atoms with E-state index in [0.29, 0.717) is 17.5 Å². The molecule has 0 aliphatic heterocycles. The van der Waals surface area contributed by atoms with Gasteiger partial charge in [-0.1, -0.05) is 50.7 Å². The molecule has 4 rings (SSSR count). The number of aryl methyl sites for hydroxylation is 1. The largest absolute Gasteiger partial charge is 0.335 e. The monoisotopic (exact) mass is 381 g/mol. The van der Waals surface area contributed by atoms with Crippen LogP contribution in [0.15, 0.2) is 29.3 Å². The smallest absolute Gasteiger partial charge is 0.261 e. The first kappa shape index (κ1) is 19.2. The summed E-state index contributed by atoms with van der Waals surface area (Å²) in [6.45, 7) is 2.06. The zero-order chi connectivity index (χ0) is 19.5. The number of hydrogen-bond donors (Lipinski definition) is 0. The molecule has 0 saturated heterocycles. The summed E-state index contributed by atoms with van der Waals surface area (Å²) in [7, 11) is 0. The van der Waals surface area contributed by atoms with E-state index in [1.54, 1.807) is 12.4 Å². The zero-order valence-corrected chi connectivity index (χ0v) is 16.9. The number of para-hydroxylation sites is 1. The van der Waals surface area contributed by atoms with E-state index in [1.807, 2.05) is 19.1 Å². The molecular weight excluding hydrogens is 350 g/mol. The Hall–Kier alpha value is -2.17. The molecule has 1 aromatic carbocycles. The summed E-state index contributed by atoms with van der Waals surface area (Å²) >= 11 is 0. The second-order valence-electron chi connectivity index (χ2n) is 8.53. The molecule has 1 aromatic heterocycles. The minimum atomic E-state index is -0.116. The molecule has 0 N–H and O–H groups in total. The molecule has 0 unspecified atom stereocenters. The summed E-state index contributed by atoms with van der Waals surface area (Å²) < 4.78 is 1.50. The number of benzene rings is 1. The standard InChI is InChI=1S/C23H31N3O2/c1-17-9-8-14-20-22(17)24-16-25(23(20)28)15-21(27)26(18-10-4-2-5-11-18)19-12-6-3-7-13-19/h8-9,14,16,18-19H,2-7,10-13,15H2,1H3. The van der Waals surface area contributed by atoms with Crippen molar-refractivity contribution < 1.29 is 4.79 Å². The maximum atomic E-state index is 13.4. The van der Waals surface area contributed by atoms with Crippen molar-refractivity contribution in [1.82, 2.24) is 14.5 Å². The van der Waals surface area contributed by atoms with Gasteiger partial charge < -0.3 is 4.90 Å². The number of rotatable bonds is 4. The zero-order valence-electron chi connectivity index (χ0n) is 16.9. The highest BCUT2D eigenvalue weighted by atomic mass is 16.2. The fourth-order valence-electron chi connectivity index (χ4n) is 5.10. The van der Waals surface area contributed by atoms with Crippen molar-refractivity contribution in [2.24, 2.45) is 0 Å². The van der Waals surface area contributed by atoms with Crippen molar-refractivity contribution >= 4 is 16.8 Å². The summed E-state index contributed by atoms with van der Waals surface area (Å²) in [5.41, 5.74) is 1.60. The lowest BCUT2D eigenvalue weighted by Gasteiger charge is -2.42. The quantitative estimate of drug-likeness (QED) is 0.798. The first-order valence-electron chi connectivity index (χ1n) is 10.9. The highest BCUT2D eigenvalue weighted by molar-refractivity contribution is 5.81. The summed E-state index contributed by atoms with van der Waals surface area (Å²) in [5.74, 6) is 0.0923. The number of amides is 1. The molecule has 0 radical (unpaired) electrons. The van der Waals surface area contributed by atoms with E-state index in [1.165, 1.54) is 43.1 Å². The van der Waals surface area contributed by atoms with Crippen LogP contribution < -0.4 is 5.56 Å². The van der Waals surface area contributed by atoms with E-state index in [9.17, 15) is 9.59 Å². The number of aromatic nitrogens is 2. The SMILES string of the molecule is Cc1cccc2c(=O)n(CC(=O)N(C3CCCCC3)C3CCCCC3)cnc12. The van der Waals surface area contributed by atoms with Gasteiger partial charge >= 0.3 is 0 Å². The second kappa shape index (κ2) is 8.46. The molecule has 2 aliphatic rings. The molecule has 0 atom stereocenters. The summed E-state index contributed by atoms with van der Waals surface area (Å²) in [6, 6.07) is 6.33. The predicted molar refractivity (Wildman–Crippen MR) is 111 cm³/mol. The van der Waals surface area contributed by atoms with Crippen molar-refractivity contribution in [2.45, 2.75) is 89.8 Å². The van der Waals surface area contributed by atoms with Crippen LogP contribution in [0.5, 0.6) is 0 Å². The molecule has 28 heavy (non-hydrogen) atoms. The molecule has 5 heteroatoms. The van der Waals surface area contributed by atoms with Gasteiger partial charge in [-0.05, 0) is 44.2 Å².